The van der Waals surface area contributed by atoms with Gasteiger partial charge in [0.2, 0.25) is 0 Å². The number of piperidine rings is 1. The molecule has 2 heterocycles. The quantitative estimate of drug-likeness (QED) is 0.790. The summed E-state index contributed by atoms with van der Waals surface area (Å²) in [6.07, 6.45) is 1.49. The maximum absolute atomic E-state index is 11.9. The molecule has 0 spiro atoms. The molecule has 1 saturated heterocycles. The van der Waals surface area contributed by atoms with Crippen molar-refractivity contribution in [3.8, 4) is 6.07 Å². The van der Waals surface area contributed by atoms with E-state index in [1.165, 1.54) is 0 Å². The zero-order valence-electron chi connectivity index (χ0n) is 16.1. The number of pyridine rings is 1. The van der Waals surface area contributed by atoms with E-state index in [1.54, 1.807) is 0 Å². The molecule has 0 saturated carbocycles. The molecule has 26 heavy (non-hydrogen) atoms. The molecule has 1 amide bonds. The number of nitrogens with zero attached hydrogens (tertiary/aromatic N) is 3. The van der Waals surface area contributed by atoms with Crippen LogP contribution in [0.1, 0.15) is 51.8 Å². The van der Waals surface area contributed by atoms with E-state index in [-0.39, 0.29) is 11.5 Å². The summed E-state index contributed by atoms with van der Waals surface area (Å²) in [5, 5.41) is 12.2. The number of anilines is 1. The highest BCUT2D eigenvalue weighted by atomic mass is 79.9. The van der Waals surface area contributed by atoms with Crippen LogP contribution in [0.4, 0.5) is 10.6 Å². The zero-order valence-corrected chi connectivity index (χ0v) is 17.7. The number of aryl methyl sites for hydroxylation is 1. The van der Waals surface area contributed by atoms with Gasteiger partial charge in [-0.2, -0.15) is 5.26 Å². The molecule has 1 fully saturated rings. The molecule has 0 aliphatic carbocycles. The van der Waals surface area contributed by atoms with E-state index in [1.807, 2.05) is 33.8 Å². The monoisotopic (exact) mass is 422 g/mol. The van der Waals surface area contributed by atoms with E-state index >= 15 is 0 Å². The van der Waals surface area contributed by atoms with Crippen LogP contribution in [0.15, 0.2) is 10.5 Å². The van der Waals surface area contributed by atoms with Crippen LogP contribution in [0.25, 0.3) is 0 Å². The number of ether oxygens (including phenoxy) is 1. The van der Waals surface area contributed by atoms with Crippen molar-refractivity contribution >= 4 is 27.8 Å². The highest BCUT2D eigenvalue weighted by Gasteiger charge is 2.32. The first-order valence-electron chi connectivity index (χ1n) is 8.82. The molecule has 0 unspecified atom stereocenters. The lowest BCUT2D eigenvalue weighted by atomic mass is 9.80. The summed E-state index contributed by atoms with van der Waals surface area (Å²) in [7, 11) is 0. The van der Waals surface area contributed by atoms with Gasteiger partial charge in [0.1, 0.15) is 17.5 Å². The third-order valence-electron chi connectivity index (χ3n) is 4.58. The van der Waals surface area contributed by atoms with Gasteiger partial charge in [-0.25, -0.2) is 9.78 Å². The number of amides is 1. The van der Waals surface area contributed by atoms with Crippen molar-refractivity contribution in [1.29, 1.82) is 5.26 Å². The number of carbonyl (C=O) groups excluding carboxylic acids is 1. The van der Waals surface area contributed by atoms with Crippen LogP contribution >= 0.6 is 15.9 Å². The molecule has 0 aromatic carbocycles. The van der Waals surface area contributed by atoms with Gasteiger partial charge in [-0.1, -0.05) is 6.92 Å². The molecule has 1 aliphatic rings. The van der Waals surface area contributed by atoms with Crippen LogP contribution in [-0.4, -0.2) is 36.3 Å². The number of nitriles is 1. The van der Waals surface area contributed by atoms with Crippen LogP contribution in [0.2, 0.25) is 0 Å². The van der Waals surface area contributed by atoms with Gasteiger partial charge >= 0.3 is 6.09 Å². The van der Waals surface area contributed by atoms with Crippen molar-refractivity contribution in [1.82, 2.24) is 10.3 Å². The van der Waals surface area contributed by atoms with E-state index in [9.17, 15) is 10.1 Å². The molecule has 1 N–H and O–H groups in total. The molecule has 6 nitrogen and oxygen atoms in total. The summed E-state index contributed by atoms with van der Waals surface area (Å²) in [5.41, 5.74) is 0.958. The van der Waals surface area contributed by atoms with E-state index in [0.717, 1.165) is 41.9 Å². The molecule has 1 aliphatic heterocycles. The molecule has 0 radical (unpaired) electrons. The Labute approximate surface area is 164 Å². The van der Waals surface area contributed by atoms with E-state index in [4.69, 9.17) is 4.74 Å². The largest absolute Gasteiger partial charge is 0.444 e. The van der Waals surface area contributed by atoms with Crippen LogP contribution in [0.5, 0.6) is 0 Å². The van der Waals surface area contributed by atoms with Crippen LogP contribution < -0.4 is 10.2 Å². The number of halogens is 1. The molecule has 0 bridgehead atoms. The van der Waals surface area contributed by atoms with Gasteiger partial charge < -0.3 is 15.0 Å². The fraction of sp³-hybridized carbons (Fsp3) is 0.632. The molecule has 1 aromatic rings. The summed E-state index contributed by atoms with van der Waals surface area (Å²) >= 11 is 3.42. The maximum atomic E-state index is 11.9. The Hall–Kier alpha value is -1.81. The van der Waals surface area contributed by atoms with Gasteiger partial charge in [-0.3, -0.25) is 0 Å². The minimum Gasteiger partial charge on any atom is -0.444 e. The predicted octanol–water partition coefficient (Wildman–Crippen LogP) is 4.16. The highest BCUT2D eigenvalue weighted by Crippen LogP contribution is 2.33. The van der Waals surface area contributed by atoms with Gasteiger partial charge in [0, 0.05) is 19.6 Å². The van der Waals surface area contributed by atoms with Crippen LogP contribution in [0, 0.1) is 23.7 Å². The number of hydrogen-bond donors (Lipinski definition) is 1. The molecular weight excluding hydrogens is 396 g/mol. The average molecular weight is 423 g/mol. The first-order valence-corrected chi connectivity index (χ1v) is 9.61. The van der Waals surface area contributed by atoms with Crippen LogP contribution in [-0.2, 0) is 4.74 Å². The lowest BCUT2D eigenvalue weighted by molar-refractivity contribution is 0.0495. The molecule has 0 atom stereocenters. The van der Waals surface area contributed by atoms with Crippen LogP contribution in [0.3, 0.4) is 0 Å². The Morgan fingerprint density at radius 2 is 2.08 bits per heavy atom. The number of carbonyl (C=O) groups is 1. The van der Waals surface area contributed by atoms with Crippen molar-refractivity contribution in [2.75, 3.05) is 24.5 Å². The zero-order chi connectivity index (χ0) is 19.5. The number of alkyl carbamates (subject to hydrolysis) is 1. The van der Waals surface area contributed by atoms with Crippen molar-refractivity contribution in [3.63, 3.8) is 0 Å². The average Bonchev–Trinajstić information content (AvgIpc) is 2.55. The summed E-state index contributed by atoms with van der Waals surface area (Å²) in [6.45, 7) is 11.9. The Bertz CT molecular complexity index is 713. The van der Waals surface area contributed by atoms with Gasteiger partial charge in [-0.15, -0.1) is 0 Å². The first kappa shape index (κ1) is 20.5. The van der Waals surface area contributed by atoms with Gasteiger partial charge in [0.05, 0.1) is 15.7 Å². The topological polar surface area (TPSA) is 78.2 Å². The van der Waals surface area contributed by atoms with Crippen molar-refractivity contribution < 1.29 is 9.53 Å². The first-order chi connectivity index (χ1) is 12.0. The van der Waals surface area contributed by atoms with Crippen molar-refractivity contribution in [2.24, 2.45) is 5.41 Å². The summed E-state index contributed by atoms with van der Waals surface area (Å²) in [4.78, 5) is 18.7. The number of nitrogens with one attached hydrogen (secondary N) is 1. The molecule has 2 rings (SSSR count). The van der Waals surface area contributed by atoms with Gasteiger partial charge in [-0.05, 0) is 67.9 Å². The minimum absolute atomic E-state index is 0.0237. The standard InChI is InChI=1S/C19H27BrN4O2/c1-13-16(20)14(11-21)10-15(23-13)24-8-6-19(5,7-9-24)12-22-17(25)26-18(2,3)4/h10H,6-9,12H2,1-5H3,(H,22,25). The normalized spacial score (nSPS) is 16.7. The number of hydrogen-bond acceptors (Lipinski definition) is 5. The highest BCUT2D eigenvalue weighted by molar-refractivity contribution is 9.10. The number of aromatic nitrogens is 1. The molecule has 142 valence electrons. The lowest BCUT2D eigenvalue weighted by Gasteiger charge is -2.40. The second kappa shape index (κ2) is 7.83. The smallest absolute Gasteiger partial charge is 0.407 e. The fourth-order valence-corrected chi connectivity index (χ4v) is 3.23. The minimum atomic E-state index is -0.488. The molecular formula is C19H27BrN4O2. The fourth-order valence-electron chi connectivity index (χ4n) is 2.94. The lowest BCUT2D eigenvalue weighted by Crippen LogP contribution is -2.46. The maximum Gasteiger partial charge on any atom is 0.407 e. The Kier molecular flexibility index (Phi) is 6.17. The van der Waals surface area contributed by atoms with Gasteiger partial charge in [0.25, 0.3) is 0 Å². The van der Waals surface area contributed by atoms with E-state index in [0.29, 0.717) is 12.1 Å². The Morgan fingerprint density at radius 3 is 2.62 bits per heavy atom. The second-order valence-electron chi connectivity index (χ2n) is 8.19. The summed E-state index contributed by atoms with van der Waals surface area (Å²) in [5.74, 6) is 0.837. The third-order valence-corrected chi connectivity index (χ3v) is 5.58. The van der Waals surface area contributed by atoms with Gasteiger partial charge in [0.15, 0.2) is 0 Å². The van der Waals surface area contributed by atoms with Crippen molar-refractivity contribution in [3.05, 3.63) is 21.8 Å². The SMILES string of the molecule is Cc1nc(N2CCC(C)(CNC(=O)OC(C)(C)C)CC2)cc(C#N)c1Br. The van der Waals surface area contributed by atoms with Crippen molar-refractivity contribution in [2.45, 2.75) is 53.1 Å². The van der Waals surface area contributed by atoms with E-state index < -0.39 is 5.60 Å². The predicted molar refractivity (Wildman–Crippen MR) is 105 cm³/mol. The summed E-state index contributed by atoms with van der Waals surface area (Å²) in [6, 6.07) is 4.04. The Morgan fingerprint density at radius 1 is 1.46 bits per heavy atom. The third kappa shape index (κ3) is 5.34. The van der Waals surface area contributed by atoms with E-state index in [2.05, 4.69) is 44.1 Å². The summed E-state index contributed by atoms with van der Waals surface area (Å²) < 4.78 is 6.07. The molecule has 1 aromatic heterocycles. The second-order valence-corrected chi connectivity index (χ2v) is 8.99. The number of rotatable bonds is 3. The molecule has 7 heteroatoms. The Balaban J connectivity index is 1.95.